The van der Waals surface area contributed by atoms with Gasteiger partial charge in [0.1, 0.15) is 6.61 Å². The van der Waals surface area contributed by atoms with Crippen LogP contribution in [0, 0.1) is 0 Å². The van der Waals surface area contributed by atoms with Crippen molar-refractivity contribution in [2.75, 3.05) is 19.8 Å². The summed E-state index contributed by atoms with van der Waals surface area (Å²) in [5.41, 5.74) is 0. The Hall–Kier alpha value is -2.92. The maximum atomic E-state index is 12.8. The van der Waals surface area contributed by atoms with Gasteiger partial charge in [0.25, 0.3) is 0 Å². The summed E-state index contributed by atoms with van der Waals surface area (Å²) in [6.07, 6.45) is 71.7. The highest BCUT2D eigenvalue weighted by Gasteiger charge is 2.17. The number of carbonyl (C=O) groups excluding carboxylic acids is 2. The van der Waals surface area contributed by atoms with E-state index in [1.807, 2.05) is 0 Å². The molecule has 0 saturated carbocycles. The third kappa shape index (κ3) is 51.7. The van der Waals surface area contributed by atoms with E-state index in [2.05, 4.69) is 106 Å². The molecule has 0 aliphatic heterocycles. The van der Waals surface area contributed by atoms with E-state index in [4.69, 9.17) is 14.2 Å². The maximum Gasteiger partial charge on any atom is 0.306 e. The van der Waals surface area contributed by atoms with E-state index >= 15 is 0 Å². The standard InChI is InChI=1S/C59H102O5/c1-4-7-10-13-16-19-21-23-25-27-29-31-33-35-37-39-42-45-48-51-54-62-55-57(64-59(61)53-50-47-44-40-18-15-12-9-6-3)56-63-58(60)52-49-46-43-41-38-36-34-32-30-28-26-24-22-20-17-14-11-8-5-2/h8,11,16-17,19-20,23-26,30,32,36,38,57H,4-7,9-10,12-15,18,21-22,27-29,31,33-35,37,39-56H2,1-3H3/b11-8-,19-16-,20-17-,25-23-,26-24-,32-30-,38-36-. The lowest BCUT2D eigenvalue weighted by Crippen LogP contribution is -2.30. The minimum atomic E-state index is -0.552. The summed E-state index contributed by atoms with van der Waals surface area (Å²) in [6, 6.07) is 0. The van der Waals surface area contributed by atoms with E-state index in [1.165, 1.54) is 128 Å². The Balaban J connectivity index is 4.23. The molecule has 0 radical (unpaired) electrons. The highest BCUT2D eigenvalue weighted by Crippen LogP contribution is 2.14. The summed E-state index contributed by atoms with van der Waals surface area (Å²) < 4.78 is 17.4. The fraction of sp³-hybridized carbons (Fsp3) is 0.729. The van der Waals surface area contributed by atoms with Gasteiger partial charge in [-0.25, -0.2) is 0 Å². The summed E-state index contributed by atoms with van der Waals surface area (Å²) in [6.45, 7) is 7.65. The zero-order valence-corrected chi connectivity index (χ0v) is 42.3. The van der Waals surface area contributed by atoms with Gasteiger partial charge in [-0.15, -0.1) is 0 Å². The molecule has 5 nitrogen and oxygen atoms in total. The molecular weight excluding hydrogens is 789 g/mol. The lowest BCUT2D eigenvalue weighted by atomic mass is 10.1. The molecule has 0 bridgehead atoms. The van der Waals surface area contributed by atoms with Gasteiger partial charge in [-0.05, 0) is 96.3 Å². The molecule has 0 heterocycles. The summed E-state index contributed by atoms with van der Waals surface area (Å²) >= 11 is 0. The molecule has 0 fully saturated rings. The van der Waals surface area contributed by atoms with Crippen molar-refractivity contribution in [3.05, 3.63) is 85.1 Å². The Morgan fingerprint density at radius 1 is 0.359 bits per heavy atom. The number of carbonyl (C=O) groups is 2. The van der Waals surface area contributed by atoms with Crippen molar-refractivity contribution in [2.45, 2.75) is 258 Å². The second kappa shape index (κ2) is 54.4. The van der Waals surface area contributed by atoms with Gasteiger partial charge in [0.05, 0.1) is 6.61 Å². The van der Waals surface area contributed by atoms with Gasteiger partial charge in [0.2, 0.25) is 0 Å². The monoisotopic (exact) mass is 891 g/mol. The molecule has 0 aromatic rings. The Bertz CT molecular complexity index is 1190. The molecule has 0 aliphatic rings. The summed E-state index contributed by atoms with van der Waals surface area (Å²) in [7, 11) is 0. The number of hydrogen-bond donors (Lipinski definition) is 0. The largest absolute Gasteiger partial charge is 0.462 e. The molecule has 0 rings (SSSR count). The number of unbranched alkanes of at least 4 members (excludes halogenated alkanes) is 24. The molecule has 1 unspecified atom stereocenters. The smallest absolute Gasteiger partial charge is 0.306 e. The molecule has 0 saturated heterocycles. The van der Waals surface area contributed by atoms with E-state index in [0.717, 1.165) is 89.9 Å². The Morgan fingerprint density at radius 3 is 1.17 bits per heavy atom. The average Bonchev–Trinajstić information content (AvgIpc) is 3.30. The minimum absolute atomic E-state index is 0.0654. The number of allylic oxidation sites excluding steroid dienone is 14. The van der Waals surface area contributed by atoms with E-state index in [1.54, 1.807) is 0 Å². The average molecular weight is 891 g/mol. The van der Waals surface area contributed by atoms with Crippen LogP contribution in [0.5, 0.6) is 0 Å². The predicted molar refractivity (Wildman–Crippen MR) is 279 cm³/mol. The molecule has 5 heteroatoms. The summed E-state index contributed by atoms with van der Waals surface area (Å²) in [5, 5.41) is 0. The van der Waals surface area contributed by atoms with Crippen LogP contribution in [0.2, 0.25) is 0 Å². The lowest BCUT2D eigenvalue weighted by molar-refractivity contribution is -0.163. The Labute approximate surface area is 397 Å². The SMILES string of the molecule is CC/C=C\C/C=C\C/C=C\C/C=C\C/C=C\CCCCCC(=O)OCC(COCCCCCCCCCCCC/C=C\C/C=C\CCCCC)OC(=O)CCCCCCCCCCC. The Morgan fingerprint density at radius 2 is 0.703 bits per heavy atom. The van der Waals surface area contributed by atoms with Crippen molar-refractivity contribution in [1.82, 2.24) is 0 Å². The number of rotatable bonds is 49. The zero-order chi connectivity index (χ0) is 46.3. The number of ether oxygens (including phenoxy) is 3. The van der Waals surface area contributed by atoms with E-state index in [-0.39, 0.29) is 25.2 Å². The van der Waals surface area contributed by atoms with Crippen molar-refractivity contribution in [2.24, 2.45) is 0 Å². The van der Waals surface area contributed by atoms with Gasteiger partial charge >= 0.3 is 11.9 Å². The lowest BCUT2D eigenvalue weighted by Gasteiger charge is -2.18. The number of esters is 2. The van der Waals surface area contributed by atoms with E-state index in [0.29, 0.717) is 19.4 Å². The first kappa shape index (κ1) is 61.1. The molecule has 0 aliphatic carbocycles. The molecule has 0 amide bonds. The molecule has 0 N–H and O–H groups in total. The quantitative estimate of drug-likeness (QED) is 0.0346. The van der Waals surface area contributed by atoms with Gasteiger partial charge < -0.3 is 14.2 Å². The molecule has 1 atom stereocenters. The topological polar surface area (TPSA) is 61.8 Å². The van der Waals surface area contributed by atoms with Crippen LogP contribution in [0.1, 0.15) is 252 Å². The predicted octanol–water partition coefficient (Wildman–Crippen LogP) is 18.5. The van der Waals surface area contributed by atoms with E-state index < -0.39 is 6.10 Å². The van der Waals surface area contributed by atoms with Crippen LogP contribution in [0.3, 0.4) is 0 Å². The van der Waals surface area contributed by atoms with E-state index in [9.17, 15) is 9.59 Å². The molecule has 0 aromatic heterocycles. The molecule has 64 heavy (non-hydrogen) atoms. The van der Waals surface area contributed by atoms with Crippen molar-refractivity contribution in [1.29, 1.82) is 0 Å². The van der Waals surface area contributed by atoms with Crippen LogP contribution in [0.4, 0.5) is 0 Å². The second-order valence-corrected chi connectivity index (χ2v) is 17.8. The highest BCUT2D eigenvalue weighted by atomic mass is 16.6. The zero-order valence-electron chi connectivity index (χ0n) is 42.3. The number of hydrogen-bond acceptors (Lipinski definition) is 5. The normalized spacial score (nSPS) is 12.9. The minimum Gasteiger partial charge on any atom is -0.462 e. The van der Waals surface area contributed by atoms with Crippen molar-refractivity contribution in [3.63, 3.8) is 0 Å². The van der Waals surface area contributed by atoms with Crippen LogP contribution >= 0.6 is 0 Å². The molecular formula is C59H102O5. The molecule has 368 valence electrons. The Kier molecular flexibility index (Phi) is 51.9. The van der Waals surface area contributed by atoms with Gasteiger partial charge in [0.15, 0.2) is 6.10 Å². The van der Waals surface area contributed by atoms with Crippen LogP contribution < -0.4 is 0 Å². The second-order valence-electron chi connectivity index (χ2n) is 17.8. The van der Waals surface area contributed by atoms with Crippen LogP contribution in [0.25, 0.3) is 0 Å². The third-order valence-electron chi connectivity index (χ3n) is 11.4. The van der Waals surface area contributed by atoms with Crippen LogP contribution in [0.15, 0.2) is 85.1 Å². The first-order valence-corrected chi connectivity index (χ1v) is 27.1. The van der Waals surface area contributed by atoms with Crippen molar-refractivity contribution >= 4 is 11.9 Å². The van der Waals surface area contributed by atoms with Gasteiger partial charge in [-0.3, -0.25) is 9.59 Å². The van der Waals surface area contributed by atoms with Gasteiger partial charge in [-0.1, -0.05) is 228 Å². The first-order valence-electron chi connectivity index (χ1n) is 27.1. The molecule has 0 aromatic carbocycles. The summed E-state index contributed by atoms with van der Waals surface area (Å²) in [5.74, 6) is -0.435. The van der Waals surface area contributed by atoms with Crippen LogP contribution in [-0.4, -0.2) is 37.9 Å². The maximum absolute atomic E-state index is 12.8. The first-order chi connectivity index (χ1) is 31.6. The fourth-order valence-electron chi connectivity index (χ4n) is 7.39. The van der Waals surface area contributed by atoms with Crippen molar-refractivity contribution < 1.29 is 23.8 Å². The van der Waals surface area contributed by atoms with Crippen molar-refractivity contribution in [3.8, 4) is 0 Å². The summed E-state index contributed by atoms with van der Waals surface area (Å²) in [4.78, 5) is 25.4. The van der Waals surface area contributed by atoms with Crippen LogP contribution in [-0.2, 0) is 23.8 Å². The van der Waals surface area contributed by atoms with Gasteiger partial charge in [0, 0.05) is 19.4 Å². The fourth-order valence-corrected chi connectivity index (χ4v) is 7.39. The molecule has 0 spiro atoms. The highest BCUT2D eigenvalue weighted by molar-refractivity contribution is 5.70. The van der Waals surface area contributed by atoms with Gasteiger partial charge in [-0.2, -0.15) is 0 Å². The third-order valence-corrected chi connectivity index (χ3v) is 11.4.